The summed E-state index contributed by atoms with van der Waals surface area (Å²) < 4.78 is 6.87. The van der Waals surface area contributed by atoms with Crippen LogP contribution in [0.4, 0.5) is 0 Å². The lowest BCUT2D eigenvalue weighted by atomic mass is 10.5. The molecule has 0 aromatic rings. The molecule has 0 saturated carbocycles. The largest absolute Gasteiger partial charge is 0.466 e. The number of hydrogen-bond acceptors (Lipinski definition) is 2. The van der Waals surface area contributed by atoms with Crippen LogP contribution in [-0.2, 0) is 9.53 Å². The fourth-order valence-corrected chi connectivity index (χ4v) is 0.389. The van der Waals surface area contributed by atoms with Gasteiger partial charge < -0.3 is 4.74 Å². The molecule has 0 aliphatic carbocycles. The first-order valence-corrected chi connectivity index (χ1v) is 3.24. The molecule has 48 valence electrons. The van der Waals surface area contributed by atoms with Crippen LogP contribution in [0.5, 0.6) is 0 Å². The first-order valence-electron chi connectivity index (χ1n) is 2.17. The molecule has 0 heterocycles. The Morgan fingerprint density at radius 2 is 2.44 bits per heavy atom. The van der Waals surface area contributed by atoms with Crippen LogP contribution in [0.3, 0.4) is 0 Å². The number of carbonyl (C=O) groups excluding carboxylic acids is 1. The molecule has 0 spiro atoms. The van der Waals surface area contributed by atoms with E-state index >= 15 is 0 Å². The van der Waals surface area contributed by atoms with Gasteiger partial charge in [0, 0.05) is 28.7 Å². The van der Waals surface area contributed by atoms with Crippen LogP contribution >= 0.6 is 22.6 Å². The molecule has 3 heteroatoms. The summed E-state index contributed by atoms with van der Waals surface area (Å²) in [6.07, 6.45) is 2.71. The predicted molar refractivity (Wildman–Crippen MR) is 43.0 cm³/mol. The molecule has 0 bridgehead atoms. The van der Waals surface area contributed by atoms with E-state index in [1.54, 1.807) is 0 Å². The average molecular weight is 236 g/mol. The second-order valence-electron chi connectivity index (χ2n) is 1.10. The number of allylic oxidation sites excluding steroid dienone is 1. The summed E-state index contributed by atoms with van der Waals surface area (Å²) in [4.78, 5) is 10.3. The van der Waals surface area contributed by atoms with Crippen LogP contribution in [0.25, 0.3) is 0 Å². The van der Waals surface area contributed by atoms with Crippen molar-refractivity contribution in [1.82, 2.24) is 0 Å². The van der Waals surface area contributed by atoms with Crippen molar-refractivity contribution in [3.8, 4) is 9.85 Å². The van der Waals surface area contributed by atoms with Crippen LogP contribution in [0, 0.1) is 9.85 Å². The Morgan fingerprint density at radius 1 is 1.78 bits per heavy atom. The maximum atomic E-state index is 10.3. The zero-order chi connectivity index (χ0) is 7.11. The maximum Gasteiger partial charge on any atom is 0.331 e. The van der Waals surface area contributed by atoms with Crippen molar-refractivity contribution in [2.75, 3.05) is 7.11 Å². The third kappa shape index (κ3) is 5.37. The Bertz CT molecular complexity index is 173. The number of hydrogen-bond donors (Lipinski definition) is 0. The van der Waals surface area contributed by atoms with Gasteiger partial charge in [-0.05, 0) is 10.0 Å². The van der Waals surface area contributed by atoms with Gasteiger partial charge in [-0.1, -0.05) is 5.92 Å². The molecule has 2 nitrogen and oxygen atoms in total. The van der Waals surface area contributed by atoms with Gasteiger partial charge in [0.05, 0.1) is 7.11 Å². The molecule has 0 aromatic heterocycles. The maximum absolute atomic E-state index is 10.3. The minimum Gasteiger partial charge on any atom is -0.466 e. The van der Waals surface area contributed by atoms with Gasteiger partial charge in [-0.25, -0.2) is 4.79 Å². The number of esters is 1. The van der Waals surface area contributed by atoms with Crippen molar-refractivity contribution in [3.05, 3.63) is 12.2 Å². The minimum absolute atomic E-state index is 0.380. The molecule has 0 unspecified atom stereocenters. The summed E-state index contributed by atoms with van der Waals surface area (Å²) in [5.74, 6) is 2.19. The van der Waals surface area contributed by atoms with Gasteiger partial charge in [-0.2, -0.15) is 0 Å². The van der Waals surface area contributed by atoms with Gasteiger partial charge in [0.1, 0.15) is 0 Å². The van der Waals surface area contributed by atoms with E-state index in [9.17, 15) is 4.79 Å². The van der Waals surface area contributed by atoms with E-state index in [0.717, 1.165) is 0 Å². The zero-order valence-electron chi connectivity index (χ0n) is 4.85. The second kappa shape index (κ2) is 5.63. The van der Waals surface area contributed by atoms with E-state index in [2.05, 4.69) is 14.6 Å². The molecule has 0 aliphatic heterocycles. The molecular formula is C6H5IO2. The first-order chi connectivity index (χ1) is 4.31. The summed E-state index contributed by atoms with van der Waals surface area (Å²) in [5.41, 5.74) is 0. The molecule has 0 fully saturated rings. The van der Waals surface area contributed by atoms with Crippen LogP contribution in [0.2, 0.25) is 0 Å². The standard InChI is InChI=1S/C6H5IO2/c1-9-6(8)4-2-3-5-7/h2,4H,1H3/b4-2-. The highest BCUT2D eigenvalue weighted by Crippen LogP contribution is 1.77. The lowest BCUT2D eigenvalue weighted by Crippen LogP contribution is -1.92. The van der Waals surface area contributed by atoms with Gasteiger partial charge in [-0.15, -0.1) is 0 Å². The van der Waals surface area contributed by atoms with Crippen molar-refractivity contribution >= 4 is 28.6 Å². The Labute approximate surface area is 67.4 Å². The topological polar surface area (TPSA) is 26.3 Å². The zero-order valence-corrected chi connectivity index (χ0v) is 7.01. The number of carbonyl (C=O) groups is 1. The van der Waals surface area contributed by atoms with Gasteiger partial charge in [0.2, 0.25) is 0 Å². The van der Waals surface area contributed by atoms with E-state index < -0.39 is 0 Å². The van der Waals surface area contributed by atoms with Crippen molar-refractivity contribution in [3.63, 3.8) is 0 Å². The lowest BCUT2D eigenvalue weighted by Gasteiger charge is -1.84. The van der Waals surface area contributed by atoms with Crippen LogP contribution < -0.4 is 0 Å². The van der Waals surface area contributed by atoms with Crippen LogP contribution in [-0.4, -0.2) is 13.1 Å². The third-order valence-corrected chi connectivity index (χ3v) is 0.870. The van der Waals surface area contributed by atoms with Gasteiger partial charge >= 0.3 is 5.97 Å². The van der Waals surface area contributed by atoms with Gasteiger partial charge in [0.15, 0.2) is 0 Å². The summed E-state index contributed by atoms with van der Waals surface area (Å²) in [6.45, 7) is 0. The number of rotatable bonds is 1. The Kier molecular flexibility index (Phi) is 5.32. The fourth-order valence-electron chi connectivity index (χ4n) is 0.209. The molecule has 0 rings (SSSR count). The highest BCUT2D eigenvalue weighted by atomic mass is 127. The Hall–Kier alpha value is -0.500. The second-order valence-corrected chi connectivity index (χ2v) is 1.63. The molecule has 0 aromatic carbocycles. The minimum atomic E-state index is -0.380. The van der Waals surface area contributed by atoms with Crippen molar-refractivity contribution in [2.24, 2.45) is 0 Å². The van der Waals surface area contributed by atoms with Gasteiger partial charge in [-0.3, -0.25) is 0 Å². The SMILES string of the molecule is COC(=O)/C=C\C#CI. The smallest absolute Gasteiger partial charge is 0.331 e. The number of methoxy groups -OCH3 is 1. The summed E-state index contributed by atoms with van der Waals surface area (Å²) in [7, 11) is 1.32. The van der Waals surface area contributed by atoms with Crippen LogP contribution in [0.15, 0.2) is 12.2 Å². The van der Waals surface area contributed by atoms with Gasteiger partial charge in [0.25, 0.3) is 0 Å². The Balaban J connectivity index is 3.66. The van der Waals surface area contributed by atoms with Crippen LogP contribution in [0.1, 0.15) is 0 Å². The normalized spacial score (nSPS) is 8.22. The molecule has 0 saturated heterocycles. The van der Waals surface area contributed by atoms with E-state index in [1.165, 1.54) is 19.3 Å². The van der Waals surface area contributed by atoms with Crippen molar-refractivity contribution in [2.45, 2.75) is 0 Å². The third-order valence-electron chi connectivity index (χ3n) is 0.558. The summed E-state index contributed by atoms with van der Waals surface area (Å²) >= 11 is 1.88. The monoisotopic (exact) mass is 236 g/mol. The van der Waals surface area contributed by atoms with E-state index in [0.29, 0.717) is 0 Å². The van der Waals surface area contributed by atoms with Crippen molar-refractivity contribution < 1.29 is 9.53 Å². The van der Waals surface area contributed by atoms with E-state index in [4.69, 9.17) is 0 Å². The summed E-state index contributed by atoms with van der Waals surface area (Å²) in [6, 6.07) is 0. The van der Waals surface area contributed by atoms with Crippen molar-refractivity contribution in [1.29, 1.82) is 0 Å². The number of ether oxygens (including phenoxy) is 1. The highest BCUT2D eigenvalue weighted by Gasteiger charge is 1.85. The molecule has 0 atom stereocenters. The number of halogens is 1. The quantitative estimate of drug-likeness (QED) is 0.295. The van der Waals surface area contributed by atoms with E-state index in [1.807, 2.05) is 22.6 Å². The predicted octanol–water partition coefficient (Wildman–Crippen LogP) is 1.11. The van der Waals surface area contributed by atoms with E-state index in [-0.39, 0.29) is 5.97 Å². The fraction of sp³-hybridized carbons (Fsp3) is 0.167. The molecule has 0 aliphatic rings. The molecule has 9 heavy (non-hydrogen) atoms. The molecular weight excluding hydrogens is 231 g/mol. The summed E-state index contributed by atoms with van der Waals surface area (Å²) in [5, 5.41) is 0. The molecule has 0 N–H and O–H groups in total. The lowest BCUT2D eigenvalue weighted by molar-refractivity contribution is -0.134. The average Bonchev–Trinajstić information content (AvgIpc) is 1.89. The molecule has 0 radical (unpaired) electrons. The molecule has 0 amide bonds. The highest BCUT2D eigenvalue weighted by molar-refractivity contribution is 14.1. The first kappa shape index (κ1) is 8.50. The Morgan fingerprint density at radius 3 is 2.89 bits per heavy atom.